The van der Waals surface area contributed by atoms with Gasteiger partial charge in [0.2, 0.25) is 0 Å². The molecular formula is C23H44O2. The van der Waals surface area contributed by atoms with E-state index in [4.69, 9.17) is 4.74 Å². The maximum absolute atomic E-state index is 11.4. The first kappa shape index (κ1) is 24.2. The number of hydrogen-bond acceptors (Lipinski definition) is 2. The molecule has 2 heteroatoms. The van der Waals surface area contributed by atoms with E-state index in [9.17, 15) is 4.79 Å². The number of esters is 1. The SMILES string of the molecule is C=C(CC)C(=O)OCCCCCCCCCCCCCCCCCC. The van der Waals surface area contributed by atoms with Gasteiger partial charge in [0.1, 0.15) is 0 Å². The van der Waals surface area contributed by atoms with Gasteiger partial charge in [0.25, 0.3) is 0 Å². The van der Waals surface area contributed by atoms with Crippen molar-refractivity contribution < 1.29 is 9.53 Å². The van der Waals surface area contributed by atoms with Crippen LogP contribution in [0.15, 0.2) is 12.2 Å². The van der Waals surface area contributed by atoms with Crippen LogP contribution in [0.25, 0.3) is 0 Å². The van der Waals surface area contributed by atoms with Gasteiger partial charge in [-0.25, -0.2) is 4.79 Å². The van der Waals surface area contributed by atoms with E-state index in [1.54, 1.807) is 0 Å². The summed E-state index contributed by atoms with van der Waals surface area (Å²) < 4.78 is 5.18. The molecule has 0 spiro atoms. The first-order valence-electron chi connectivity index (χ1n) is 11.1. The van der Waals surface area contributed by atoms with Crippen molar-refractivity contribution in [3.63, 3.8) is 0 Å². The Bertz CT molecular complexity index is 309. The summed E-state index contributed by atoms with van der Waals surface area (Å²) in [5, 5.41) is 0. The fourth-order valence-corrected chi connectivity index (χ4v) is 3.06. The minimum atomic E-state index is -0.219. The molecule has 0 radical (unpaired) electrons. The Hall–Kier alpha value is -0.790. The van der Waals surface area contributed by atoms with Crippen molar-refractivity contribution >= 4 is 5.97 Å². The van der Waals surface area contributed by atoms with Crippen molar-refractivity contribution in [3.8, 4) is 0 Å². The summed E-state index contributed by atoms with van der Waals surface area (Å²) in [6.07, 6.45) is 22.4. The highest BCUT2D eigenvalue weighted by atomic mass is 16.5. The topological polar surface area (TPSA) is 26.3 Å². The minimum absolute atomic E-state index is 0.219. The molecule has 0 bridgehead atoms. The number of ether oxygens (including phenoxy) is 1. The monoisotopic (exact) mass is 352 g/mol. The van der Waals surface area contributed by atoms with E-state index in [2.05, 4.69) is 13.5 Å². The third-order valence-corrected chi connectivity index (χ3v) is 4.95. The molecule has 0 fully saturated rings. The summed E-state index contributed by atoms with van der Waals surface area (Å²) >= 11 is 0. The molecule has 0 amide bonds. The second-order valence-corrected chi connectivity index (χ2v) is 7.40. The summed E-state index contributed by atoms with van der Waals surface area (Å²) in [5.41, 5.74) is 0.580. The van der Waals surface area contributed by atoms with E-state index >= 15 is 0 Å². The smallest absolute Gasteiger partial charge is 0.333 e. The fourth-order valence-electron chi connectivity index (χ4n) is 3.06. The summed E-state index contributed by atoms with van der Waals surface area (Å²) in [6.45, 7) is 8.45. The van der Waals surface area contributed by atoms with E-state index < -0.39 is 0 Å². The largest absolute Gasteiger partial charge is 0.462 e. The minimum Gasteiger partial charge on any atom is -0.462 e. The molecule has 0 aromatic carbocycles. The maximum atomic E-state index is 11.4. The highest BCUT2D eigenvalue weighted by molar-refractivity contribution is 5.87. The van der Waals surface area contributed by atoms with Gasteiger partial charge in [0, 0.05) is 5.57 Å². The van der Waals surface area contributed by atoms with Crippen LogP contribution in [-0.2, 0) is 9.53 Å². The first-order chi connectivity index (χ1) is 12.2. The van der Waals surface area contributed by atoms with Crippen molar-refractivity contribution in [3.05, 3.63) is 12.2 Å². The summed E-state index contributed by atoms with van der Waals surface area (Å²) in [5.74, 6) is -0.219. The Kier molecular flexibility index (Phi) is 18.9. The van der Waals surface area contributed by atoms with Crippen LogP contribution in [0.4, 0.5) is 0 Å². The molecule has 148 valence electrons. The van der Waals surface area contributed by atoms with Gasteiger partial charge in [0.15, 0.2) is 0 Å². The van der Waals surface area contributed by atoms with Gasteiger partial charge in [-0.05, 0) is 12.8 Å². The summed E-state index contributed by atoms with van der Waals surface area (Å²) in [6, 6.07) is 0. The molecule has 0 saturated heterocycles. The molecule has 0 aliphatic heterocycles. The molecule has 0 saturated carbocycles. The molecule has 0 aromatic heterocycles. The third kappa shape index (κ3) is 17.8. The standard InChI is InChI=1S/C23H44O2/c1-4-6-7-8-9-10-11-12-13-14-15-16-17-18-19-20-21-25-23(24)22(3)5-2/h3-21H2,1-2H3. The Labute approximate surface area is 157 Å². The van der Waals surface area contributed by atoms with Crippen LogP contribution in [0.3, 0.4) is 0 Å². The van der Waals surface area contributed by atoms with Gasteiger partial charge in [0.05, 0.1) is 6.61 Å². The number of unbranched alkanes of at least 4 members (excludes halogenated alkanes) is 15. The quantitative estimate of drug-likeness (QED) is 0.135. The lowest BCUT2D eigenvalue weighted by Gasteiger charge is -2.05. The van der Waals surface area contributed by atoms with E-state index in [0.717, 1.165) is 6.42 Å². The lowest BCUT2D eigenvalue weighted by Crippen LogP contribution is -2.07. The second kappa shape index (κ2) is 19.5. The highest BCUT2D eigenvalue weighted by Crippen LogP contribution is 2.13. The zero-order valence-electron chi connectivity index (χ0n) is 17.3. The van der Waals surface area contributed by atoms with Crippen molar-refractivity contribution in [1.82, 2.24) is 0 Å². The molecule has 0 rings (SSSR count). The van der Waals surface area contributed by atoms with Crippen LogP contribution in [0, 0.1) is 0 Å². The third-order valence-electron chi connectivity index (χ3n) is 4.95. The molecule has 0 aliphatic rings. The fraction of sp³-hybridized carbons (Fsp3) is 0.870. The Morgan fingerprint density at radius 3 is 1.36 bits per heavy atom. The average molecular weight is 353 g/mol. The van der Waals surface area contributed by atoms with Gasteiger partial charge in [-0.1, -0.05) is 117 Å². The van der Waals surface area contributed by atoms with Gasteiger partial charge < -0.3 is 4.74 Å². The van der Waals surface area contributed by atoms with E-state index in [1.807, 2.05) is 6.92 Å². The molecule has 0 atom stereocenters. The summed E-state index contributed by atoms with van der Waals surface area (Å²) in [4.78, 5) is 11.4. The van der Waals surface area contributed by atoms with Crippen molar-refractivity contribution in [2.75, 3.05) is 6.61 Å². The number of carbonyl (C=O) groups excluding carboxylic acids is 1. The Morgan fingerprint density at radius 2 is 1.00 bits per heavy atom. The van der Waals surface area contributed by atoms with Gasteiger partial charge in [-0.15, -0.1) is 0 Å². The van der Waals surface area contributed by atoms with E-state index in [0.29, 0.717) is 18.6 Å². The van der Waals surface area contributed by atoms with Gasteiger partial charge in [-0.2, -0.15) is 0 Å². The van der Waals surface area contributed by atoms with Crippen LogP contribution in [0.5, 0.6) is 0 Å². The van der Waals surface area contributed by atoms with Gasteiger partial charge >= 0.3 is 5.97 Å². The number of hydrogen-bond donors (Lipinski definition) is 0. The Morgan fingerprint density at radius 1 is 0.640 bits per heavy atom. The van der Waals surface area contributed by atoms with Crippen LogP contribution in [-0.4, -0.2) is 12.6 Å². The molecule has 0 unspecified atom stereocenters. The zero-order chi connectivity index (χ0) is 18.6. The van der Waals surface area contributed by atoms with Gasteiger partial charge in [-0.3, -0.25) is 0 Å². The average Bonchev–Trinajstić information content (AvgIpc) is 2.63. The van der Waals surface area contributed by atoms with E-state index in [1.165, 1.54) is 96.3 Å². The molecule has 0 N–H and O–H groups in total. The van der Waals surface area contributed by atoms with Crippen molar-refractivity contribution in [1.29, 1.82) is 0 Å². The molecule has 0 heterocycles. The van der Waals surface area contributed by atoms with Crippen molar-refractivity contribution in [2.24, 2.45) is 0 Å². The lowest BCUT2D eigenvalue weighted by atomic mass is 10.0. The van der Waals surface area contributed by atoms with Crippen LogP contribution in [0.2, 0.25) is 0 Å². The molecule has 0 aromatic rings. The molecule has 25 heavy (non-hydrogen) atoms. The highest BCUT2D eigenvalue weighted by Gasteiger charge is 2.04. The second-order valence-electron chi connectivity index (χ2n) is 7.40. The number of rotatable bonds is 19. The molecule has 2 nitrogen and oxygen atoms in total. The Balaban J connectivity index is 3.10. The normalized spacial score (nSPS) is 10.8. The number of carbonyl (C=O) groups is 1. The van der Waals surface area contributed by atoms with Crippen LogP contribution < -0.4 is 0 Å². The van der Waals surface area contributed by atoms with Crippen molar-refractivity contribution in [2.45, 2.75) is 123 Å². The predicted octanol–water partition coefficient (Wildman–Crippen LogP) is 7.76. The van der Waals surface area contributed by atoms with Crippen LogP contribution in [0.1, 0.15) is 123 Å². The van der Waals surface area contributed by atoms with E-state index in [-0.39, 0.29) is 5.97 Å². The molecular weight excluding hydrogens is 308 g/mol. The summed E-state index contributed by atoms with van der Waals surface area (Å²) in [7, 11) is 0. The lowest BCUT2D eigenvalue weighted by molar-refractivity contribution is -0.139. The van der Waals surface area contributed by atoms with Crippen LogP contribution >= 0.6 is 0 Å². The predicted molar refractivity (Wildman–Crippen MR) is 110 cm³/mol. The first-order valence-corrected chi connectivity index (χ1v) is 11.1. The molecule has 0 aliphatic carbocycles. The zero-order valence-corrected chi connectivity index (χ0v) is 17.3. The maximum Gasteiger partial charge on any atom is 0.333 e.